The van der Waals surface area contributed by atoms with Crippen LogP contribution in [-0.2, 0) is 0 Å². The molecule has 8 heteroatoms. The Hall–Kier alpha value is -2.51. The van der Waals surface area contributed by atoms with Crippen molar-refractivity contribution < 1.29 is 14.3 Å². The third-order valence-electron chi connectivity index (χ3n) is 4.81. The lowest BCUT2D eigenvalue weighted by atomic mass is 10.1. The Kier molecular flexibility index (Phi) is 3.54. The Labute approximate surface area is 161 Å². The van der Waals surface area contributed by atoms with Crippen LogP contribution in [0.5, 0.6) is 0 Å². The Morgan fingerprint density at radius 1 is 1.33 bits per heavy atom. The minimum Gasteiger partial charge on any atom is -0.477 e. The van der Waals surface area contributed by atoms with Gasteiger partial charge in [0, 0.05) is 22.2 Å². The second kappa shape index (κ2) is 5.74. The predicted molar refractivity (Wildman–Crippen MR) is 102 cm³/mol. The van der Waals surface area contributed by atoms with Crippen LogP contribution in [0.2, 0.25) is 5.02 Å². The zero-order chi connectivity index (χ0) is 18.9. The van der Waals surface area contributed by atoms with Crippen molar-refractivity contribution in [3.63, 3.8) is 0 Å². The molecule has 1 fully saturated rings. The van der Waals surface area contributed by atoms with Crippen LogP contribution in [0.15, 0.2) is 45.0 Å². The SMILES string of the molecule is O=C(O)c1cn(C2CC2)c2c3c(c(F)cc2c1=O)Sc1cc(Cl)ccc1N3. The summed E-state index contributed by atoms with van der Waals surface area (Å²) >= 11 is 7.29. The van der Waals surface area contributed by atoms with Crippen LogP contribution in [0.4, 0.5) is 15.8 Å². The summed E-state index contributed by atoms with van der Waals surface area (Å²) in [4.78, 5) is 25.3. The summed E-state index contributed by atoms with van der Waals surface area (Å²) in [5, 5.41) is 13.2. The molecule has 0 unspecified atom stereocenters. The number of carboxylic acids is 1. The molecule has 1 aromatic heterocycles. The molecule has 2 aliphatic rings. The van der Waals surface area contributed by atoms with Crippen LogP contribution in [0.1, 0.15) is 29.2 Å². The standard InChI is InChI=1S/C19H12ClFN2O3S/c20-8-1-4-13-14(5-8)27-18-12(21)6-10-16(15(18)22-13)23(9-2-3-9)7-11(17(10)24)19(25)26/h1,4-7,9,22H,2-3H2,(H,25,26). The van der Waals surface area contributed by atoms with Crippen LogP contribution in [-0.4, -0.2) is 15.6 Å². The van der Waals surface area contributed by atoms with Crippen LogP contribution in [0, 0.1) is 5.82 Å². The van der Waals surface area contributed by atoms with Crippen molar-refractivity contribution in [2.24, 2.45) is 0 Å². The number of fused-ring (bicyclic) bond motifs is 4. The molecule has 27 heavy (non-hydrogen) atoms. The van der Waals surface area contributed by atoms with Crippen molar-refractivity contribution in [1.82, 2.24) is 4.57 Å². The molecule has 5 rings (SSSR count). The molecule has 0 bridgehead atoms. The highest BCUT2D eigenvalue weighted by Crippen LogP contribution is 2.50. The lowest BCUT2D eigenvalue weighted by Gasteiger charge is -2.25. The quantitative estimate of drug-likeness (QED) is 0.491. The van der Waals surface area contributed by atoms with Gasteiger partial charge in [0.05, 0.1) is 27.2 Å². The van der Waals surface area contributed by atoms with E-state index in [2.05, 4.69) is 5.32 Å². The number of aromatic carboxylic acids is 1. The number of nitrogens with zero attached hydrogens (tertiary/aromatic N) is 1. The molecule has 3 aromatic rings. The summed E-state index contributed by atoms with van der Waals surface area (Å²) in [5.74, 6) is -1.88. The molecule has 0 radical (unpaired) electrons. The first-order valence-corrected chi connectivity index (χ1v) is 9.52. The van der Waals surface area contributed by atoms with Crippen LogP contribution in [0.3, 0.4) is 0 Å². The number of hydrogen-bond acceptors (Lipinski definition) is 4. The van der Waals surface area contributed by atoms with Crippen molar-refractivity contribution in [2.45, 2.75) is 28.7 Å². The van der Waals surface area contributed by atoms with Gasteiger partial charge in [0.2, 0.25) is 5.43 Å². The molecule has 5 nitrogen and oxygen atoms in total. The summed E-state index contributed by atoms with van der Waals surface area (Å²) in [6, 6.07) is 6.54. The van der Waals surface area contributed by atoms with Gasteiger partial charge in [-0.3, -0.25) is 4.79 Å². The molecule has 0 spiro atoms. The van der Waals surface area contributed by atoms with E-state index in [4.69, 9.17) is 11.6 Å². The van der Waals surface area contributed by atoms with E-state index in [-0.39, 0.29) is 17.0 Å². The van der Waals surface area contributed by atoms with Gasteiger partial charge < -0.3 is 15.0 Å². The number of hydrogen-bond donors (Lipinski definition) is 2. The number of carboxylic acid groups (broad SMARTS) is 1. The second-order valence-corrected chi connectivity index (χ2v) is 8.13. The van der Waals surface area contributed by atoms with Gasteiger partial charge in [-0.2, -0.15) is 0 Å². The zero-order valence-electron chi connectivity index (χ0n) is 13.8. The summed E-state index contributed by atoms with van der Waals surface area (Å²) < 4.78 is 16.7. The summed E-state index contributed by atoms with van der Waals surface area (Å²) in [7, 11) is 0. The van der Waals surface area contributed by atoms with Gasteiger partial charge in [0.15, 0.2) is 0 Å². The molecule has 1 aliphatic heterocycles. The normalized spacial score (nSPS) is 15.2. The van der Waals surface area contributed by atoms with E-state index in [1.54, 1.807) is 22.8 Å². The lowest BCUT2D eigenvalue weighted by molar-refractivity contribution is 0.0695. The summed E-state index contributed by atoms with van der Waals surface area (Å²) in [5.41, 5.74) is 0.776. The van der Waals surface area contributed by atoms with E-state index in [9.17, 15) is 19.1 Å². The second-order valence-electron chi connectivity index (χ2n) is 6.64. The number of rotatable bonds is 2. The fraction of sp³-hybridized carbons (Fsp3) is 0.158. The minimum atomic E-state index is -1.31. The number of anilines is 2. The maximum Gasteiger partial charge on any atom is 0.341 e. The monoisotopic (exact) mass is 402 g/mol. The van der Waals surface area contributed by atoms with Crippen LogP contribution >= 0.6 is 23.4 Å². The highest BCUT2D eigenvalue weighted by Gasteiger charge is 2.31. The van der Waals surface area contributed by atoms with Gasteiger partial charge in [0.1, 0.15) is 11.4 Å². The number of carbonyl (C=O) groups is 1. The molecule has 2 aromatic carbocycles. The molecule has 2 N–H and O–H groups in total. The van der Waals surface area contributed by atoms with Gasteiger partial charge in [-0.25, -0.2) is 9.18 Å². The fourth-order valence-corrected chi connectivity index (χ4v) is 4.69. The number of halogens is 2. The molecule has 136 valence electrons. The topological polar surface area (TPSA) is 71.3 Å². The molecule has 2 heterocycles. The van der Waals surface area contributed by atoms with Gasteiger partial charge >= 0.3 is 5.97 Å². The van der Waals surface area contributed by atoms with E-state index in [1.165, 1.54) is 18.0 Å². The van der Waals surface area contributed by atoms with Crippen molar-refractivity contribution in [2.75, 3.05) is 5.32 Å². The molecule has 0 saturated heterocycles. The van der Waals surface area contributed by atoms with Crippen molar-refractivity contribution >= 4 is 51.6 Å². The predicted octanol–water partition coefficient (Wildman–Crippen LogP) is 5.04. The number of aromatic nitrogens is 1. The first-order chi connectivity index (χ1) is 12.9. The third-order valence-corrected chi connectivity index (χ3v) is 6.20. The largest absolute Gasteiger partial charge is 0.477 e. The van der Waals surface area contributed by atoms with Crippen molar-refractivity contribution in [3.8, 4) is 0 Å². The van der Waals surface area contributed by atoms with Gasteiger partial charge in [-0.1, -0.05) is 23.4 Å². The Morgan fingerprint density at radius 2 is 2.11 bits per heavy atom. The van der Waals surface area contributed by atoms with Crippen LogP contribution < -0.4 is 10.7 Å². The lowest BCUT2D eigenvalue weighted by Crippen LogP contribution is -2.20. The van der Waals surface area contributed by atoms with Gasteiger partial charge in [-0.05, 0) is 37.1 Å². The summed E-state index contributed by atoms with van der Waals surface area (Å²) in [6.07, 6.45) is 3.16. The van der Waals surface area contributed by atoms with E-state index in [0.717, 1.165) is 29.5 Å². The minimum absolute atomic E-state index is 0.0727. The molecule has 1 aliphatic carbocycles. The first kappa shape index (κ1) is 16.6. The van der Waals surface area contributed by atoms with Gasteiger partial charge in [-0.15, -0.1) is 0 Å². The molecule has 0 amide bonds. The van der Waals surface area contributed by atoms with Crippen LogP contribution in [0.25, 0.3) is 10.9 Å². The van der Waals surface area contributed by atoms with Crippen molar-refractivity contribution in [3.05, 3.63) is 57.1 Å². The maximum absolute atomic E-state index is 14.9. The summed E-state index contributed by atoms with van der Waals surface area (Å²) in [6.45, 7) is 0. The van der Waals surface area contributed by atoms with Gasteiger partial charge in [0.25, 0.3) is 0 Å². The number of nitrogens with one attached hydrogen (secondary N) is 1. The Bertz CT molecular complexity index is 1220. The Morgan fingerprint density at radius 3 is 2.81 bits per heavy atom. The highest BCUT2D eigenvalue weighted by atomic mass is 35.5. The highest BCUT2D eigenvalue weighted by molar-refractivity contribution is 7.99. The Balaban J connectivity index is 1.85. The molecular weight excluding hydrogens is 391 g/mol. The number of benzene rings is 2. The van der Waals surface area contributed by atoms with E-state index in [0.29, 0.717) is 21.1 Å². The third kappa shape index (κ3) is 2.53. The maximum atomic E-state index is 14.9. The molecular formula is C19H12ClFN2O3S. The van der Waals surface area contributed by atoms with E-state index < -0.39 is 17.2 Å². The zero-order valence-corrected chi connectivity index (χ0v) is 15.3. The van der Waals surface area contributed by atoms with Crippen molar-refractivity contribution in [1.29, 1.82) is 0 Å². The molecule has 0 atom stereocenters. The molecule has 1 saturated carbocycles. The van der Waals surface area contributed by atoms with E-state index >= 15 is 0 Å². The number of pyridine rings is 1. The average molecular weight is 403 g/mol. The average Bonchev–Trinajstić information content (AvgIpc) is 3.46. The fourth-order valence-electron chi connectivity index (χ4n) is 3.41. The first-order valence-electron chi connectivity index (χ1n) is 8.33. The smallest absolute Gasteiger partial charge is 0.341 e. The van der Waals surface area contributed by atoms with E-state index in [1.807, 2.05) is 0 Å².